The van der Waals surface area contributed by atoms with E-state index in [4.69, 9.17) is 5.73 Å². The number of aromatic nitrogens is 5. The molecule has 16 heavy (non-hydrogen) atoms. The lowest BCUT2D eigenvalue weighted by Gasteiger charge is -2.22. The van der Waals surface area contributed by atoms with Crippen LogP contribution in [0.2, 0.25) is 0 Å². The van der Waals surface area contributed by atoms with Crippen LogP contribution in [0.15, 0.2) is 12.1 Å². The number of primary amides is 1. The van der Waals surface area contributed by atoms with Gasteiger partial charge < -0.3 is 11.1 Å². The average Bonchev–Trinajstić information content (AvgIpc) is 2.63. The molecule has 2 rings (SSSR count). The van der Waals surface area contributed by atoms with Crippen LogP contribution < -0.4 is 11.1 Å². The molecule has 0 atom stereocenters. The number of tetrazole rings is 1. The normalized spacial score (nSPS) is 11.6. The molecule has 0 saturated heterocycles. The first-order valence-electron chi connectivity index (χ1n) is 4.62. The Hall–Kier alpha value is -2.25. The third-order valence-electron chi connectivity index (χ3n) is 2.13. The van der Waals surface area contributed by atoms with Crippen LogP contribution in [0, 0.1) is 0 Å². The van der Waals surface area contributed by atoms with Gasteiger partial charge in [0.15, 0.2) is 5.65 Å². The van der Waals surface area contributed by atoms with Crippen molar-refractivity contribution in [3.05, 3.63) is 12.1 Å². The minimum absolute atomic E-state index is 0.467. The minimum atomic E-state index is -0.880. The highest BCUT2D eigenvalue weighted by atomic mass is 16.1. The second-order valence-electron chi connectivity index (χ2n) is 3.86. The average molecular weight is 221 g/mol. The van der Waals surface area contributed by atoms with Crippen molar-refractivity contribution >= 4 is 17.4 Å². The van der Waals surface area contributed by atoms with Crippen LogP contribution >= 0.6 is 0 Å². The lowest BCUT2D eigenvalue weighted by molar-refractivity contribution is -0.121. The summed E-state index contributed by atoms with van der Waals surface area (Å²) in [6.07, 6.45) is 0. The zero-order valence-electron chi connectivity index (χ0n) is 8.88. The van der Waals surface area contributed by atoms with Crippen molar-refractivity contribution in [2.75, 3.05) is 5.32 Å². The second kappa shape index (κ2) is 3.40. The van der Waals surface area contributed by atoms with E-state index in [1.165, 1.54) is 4.63 Å². The highest BCUT2D eigenvalue weighted by molar-refractivity contribution is 5.86. The predicted octanol–water partition coefficient (Wildman–Crippen LogP) is -0.805. The van der Waals surface area contributed by atoms with Gasteiger partial charge in [-0.3, -0.25) is 4.79 Å². The molecule has 0 radical (unpaired) electrons. The summed E-state index contributed by atoms with van der Waals surface area (Å²) in [5.74, 6) is 0.00899. The van der Waals surface area contributed by atoms with E-state index in [-0.39, 0.29) is 0 Å². The Morgan fingerprint density at radius 1 is 1.50 bits per heavy atom. The maximum absolute atomic E-state index is 11.1. The number of carbonyl (C=O) groups is 1. The van der Waals surface area contributed by atoms with E-state index in [0.29, 0.717) is 11.5 Å². The summed E-state index contributed by atoms with van der Waals surface area (Å²) in [6.45, 7) is 3.33. The molecule has 0 unspecified atom stereocenters. The van der Waals surface area contributed by atoms with Crippen LogP contribution in [0.4, 0.5) is 5.82 Å². The molecule has 3 N–H and O–H groups in total. The summed E-state index contributed by atoms with van der Waals surface area (Å²) >= 11 is 0. The van der Waals surface area contributed by atoms with Crippen molar-refractivity contribution in [3.63, 3.8) is 0 Å². The maximum Gasteiger partial charge on any atom is 0.242 e. The largest absolute Gasteiger partial charge is 0.368 e. The number of nitrogens with one attached hydrogen (secondary N) is 1. The predicted molar refractivity (Wildman–Crippen MR) is 55.5 cm³/mol. The van der Waals surface area contributed by atoms with Crippen molar-refractivity contribution in [2.24, 2.45) is 5.73 Å². The van der Waals surface area contributed by atoms with Crippen LogP contribution in [0.1, 0.15) is 13.8 Å². The Morgan fingerprint density at radius 2 is 2.25 bits per heavy atom. The molecule has 0 aliphatic rings. The van der Waals surface area contributed by atoms with Gasteiger partial charge in [-0.1, -0.05) is 0 Å². The molecule has 8 heteroatoms. The van der Waals surface area contributed by atoms with Crippen molar-refractivity contribution in [2.45, 2.75) is 19.4 Å². The fraction of sp³-hybridized carbons (Fsp3) is 0.375. The third-order valence-corrected chi connectivity index (χ3v) is 2.13. The second-order valence-corrected chi connectivity index (χ2v) is 3.86. The molecule has 84 valence electrons. The van der Waals surface area contributed by atoms with Crippen LogP contribution in [-0.4, -0.2) is 36.7 Å². The summed E-state index contributed by atoms with van der Waals surface area (Å²) in [4.78, 5) is 11.1. The zero-order chi connectivity index (χ0) is 11.8. The van der Waals surface area contributed by atoms with Gasteiger partial charge in [-0.25, -0.2) is 0 Å². The summed E-state index contributed by atoms with van der Waals surface area (Å²) < 4.78 is 1.26. The monoisotopic (exact) mass is 221 g/mol. The highest BCUT2D eigenvalue weighted by Crippen LogP contribution is 2.11. The van der Waals surface area contributed by atoms with E-state index >= 15 is 0 Å². The van der Waals surface area contributed by atoms with Gasteiger partial charge in [0.2, 0.25) is 5.91 Å². The fourth-order valence-corrected chi connectivity index (χ4v) is 1.10. The molecular weight excluding hydrogens is 210 g/mol. The first-order valence-corrected chi connectivity index (χ1v) is 4.62. The number of amides is 1. The minimum Gasteiger partial charge on any atom is -0.368 e. The van der Waals surface area contributed by atoms with Crippen molar-refractivity contribution in [3.8, 4) is 0 Å². The SMILES string of the molecule is CC(C)(Nc1ccc2nnnn2n1)C(N)=O. The lowest BCUT2D eigenvalue weighted by atomic mass is 10.1. The van der Waals surface area contributed by atoms with Gasteiger partial charge in [0.05, 0.1) is 0 Å². The molecule has 2 aromatic rings. The molecule has 2 aromatic heterocycles. The number of rotatable bonds is 3. The van der Waals surface area contributed by atoms with E-state index in [1.54, 1.807) is 26.0 Å². The molecule has 0 spiro atoms. The van der Waals surface area contributed by atoms with Crippen molar-refractivity contribution in [1.29, 1.82) is 0 Å². The fourth-order valence-electron chi connectivity index (χ4n) is 1.10. The molecular formula is C8H11N7O. The van der Waals surface area contributed by atoms with E-state index in [1.807, 2.05) is 0 Å². The molecule has 0 bridgehead atoms. The van der Waals surface area contributed by atoms with Crippen LogP contribution in [0.5, 0.6) is 0 Å². The third kappa shape index (κ3) is 1.76. The van der Waals surface area contributed by atoms with Gasteiger partial charge in [-0.2, -0.15) is 0 Å². The van der Waals surface area contributed by atoms with Crippen molar-refractivity contribution in [1.82, 2.24) is 25.3 Å². The number of nitrogens with two attached hydrogens (primary N) is 1. The van der Waals surface area contributed by atoms with Gasteiger partial charge in [0.1, 0.15) is 11.4 Å². The number of nitrogens with zero attached hydrogens (tertiary/aromatic N) is 5. The van der Waals surface area contributed by atoms with Gasteiger partial charge in [0.25, 0.3) is 0 Å². The Labute approximate surface area is 90.8 Å². The van der Waals surface area contributed by atoms with Crippen LogP contribution in [-0.2, 0) is 4.79 Å². The molecule has 1 amide bonds. The number of carbonyl (C=O) groups excluding carboxylic acids is 1. The first kappa shape index (κ1) is 10.3. The summed E-state index contributed by atoms with van der Waals surface area (Å²) in [6, 6.07) is 3.36. The summed E-state index contributed by atoms with van der Waals surface area (Å²) in [7, 11) is 0. The molecule has 8 nitrogen and oxygen atoms in total. The maximum atomic E-state index is 11.1. The zero-order valence-corrected chi connectivity index (χ0v) is 8.88. The Morgan fingerprint density at radius 3 is 2.94 bits per heavy atom. The Balaban J connectivity index is 2.30. The Bertz CT molecular complexity index is 532. The van der Waals surface area contributed by atoms with Gasteiger partial charge in [-0.15, -0.1) is 14.8 Å². The topological polar surface area (TPSA) is 111 Å². The van der Waals surface area contributed by atoms with E-state index in [9.17, 15) is 4.79 Å². The van der Waals surface area contributed by atoms with Gasteiger partial charge in [-0.05, 0) is 36.4 Å². The number of hydrogen-bond donors (Lipinski definition) is 2. The van der Waals surface area contributed by atoms with E-state index in [0.717, 1.165) is 0 Å². The molecule has 0 saturated carbocycles. The summed E-state index contributed by atoms with van der Waals surface area (Å²) in [5, 5.41) is 17.8. The number of anilines is 1. The smallest absolute Gasteiger partial charge is 0.242 e. The molecule has 2 heterocycles. The van der Waals surface area contributed by atoms with Crippen molar-refractivity contribution < 1.29 is 4.79 Å². The number of hydrogen-bond acceptors (Lipinski definition) is 6. The molecule has 0 aromatic carbocycles. The molecule has 0 aliphatic heterocycles. The van der Waals surface area contributed by atoms with E-state index in [2.05, 4.69) is 25.9 Å². The highest BCUT2D eigenvalue weighted by Gasteiger charge is 2.25. The van der Waals surface area contributed by atoms with Gasteiger partial charge in [0, 0.05) is 0 Å². The van der Waals surface area contributed by atoms with Gasteiger partial charge >= 0.3 is 0 Å². The summed E-state index contributed by atoms with van der Waals surface area (Å²) in [5.41, 5.74) is 4.88. The van der Waals surface area contributed by atoms with Crippen LogP contribution in [0.25, 0.3) is 5.65 Å². The number of fused-ring (bicyclic) bond motifs is 1. The standard InChI is InChI=1S/C8H11N7O/c1-8(2,7(9)16)10-5-3-4-6-11-13-14-15(6)12-5/h3-4H,1-2H3,(H2,9,16)(H,10,12). The first-order chi connectivity index (χ1) is 7.49. The van der Waals surface area contributed by atoms with Crippen LogP contribution in [0.3, 0.4) is 0 Å². The molecule has 0 aliphatic carbocycles. The Kier molecular flexibility index (Phi) is 2.18. The molecule has 0 fully saturated rings. The lowest BCUT2D eigenvalue weighted by Crippen LogP contribution is -2.45. The quantitative estimate of drug-likeness (QED) is 0.701. The van der Waals surface area contributed by atoms with E-state index < -0.39 is 11.4 Å².